The van der Waals surface area contributed by atoms with Crippen molar-refractivity contribution in [3.8, 4) is 0 Å². The minimum absolute atomic E-state index is 0.0643. The third-order valence-electron chi connectivity index (χ3n) is 5.77. The van der Waals surface area contributed by atoms with Gasteiger partial charge >= 0.3 is 6.03 Å². The Balaban J connectivity index is 1.27. The van der Waals surface area contributed by atoms with Gasteiger partial charge in [-0.1, -0.05) is 42.5 Å². The molecule has 0 unspecified atom stereocenters. The second-order valence-corrected chi connectivity index (χ2v) is 7.26. The van der Waals surface area contributed by atoms with E-state index >= 15 is 0 Å². The van der Waals surface area contributed by atoms with Crippen LogP contribution in [-0.4, -0.2) is 35.8 Å². The van der Waals surface area contributed by atoms with E-state index in [1.807, 2.05) is 30.3 Å². The van der Waals surface area contributed by atoms with Gasteiger partial charge in [0.1, 0.15) is 0 Å². The third-order valence-corrected chi connectivity index (χ3v) is 5.77. The number of nitrogens with zero attached hydrogens (tertiary/aromatic N) is 1. The molecule has 2 bridgehead atoms. The molecule has 1 aromatic carbocycles. The summed E-state index contributed by atoms with van der Waals surface area (Å²) in [7, 11) is 0. The zero-order valence-electron chi connectivity index (χ0n) is 14.6. The van der Waals surface area contributed by atoms with Gasteiger partial charge in [0.25, 0.3) is 0 Å². The van der Waals surface area contributed by atoms with Gasteiger partial charge in [-0.3, -0.25) is 14.5 Å². The summed E-state index contributed by atoms with van der Waals surface area (Å²) in [6.45, 7) is 0.941. The molecular weight excluding hydrogens is 330 g/mol. The van der Waals surface area contributed by atoms with Crippen molar-refractivity contribution in [2.24, 2.45) is 23.7 Å². The standard InChI is InChI=1S/C20H23N3O3/c24-18-16-14-6-7-15(9-8-14)17(16)19(25)23(18)11-10-21-20(26)22-12-13-4-2-1-3-5-13/h1-7,14-17H,8-12H2,(H2,21,22,26)/t14-,15-,16-,17-/m0/s1. The highest BCUT2D eigenvalue weighted by atomic mass is 16.2. The van der Waals surface area contributed by atoms with Crippen molar-refractivity contribution in [1.82, 2.24) is 15.5 Å². The number of hydrogen-bond donors (Lipinski definition) is 2. The van der Waals surface area contributed by atoms with Crippen molar-refractivity contribution in [2.75, 3.05) is 13.1 Å². The van der Waals surface area contributed by atoms with E-state index in [1.165, 1.54) is 4.90 Å². The van der Waals surface area contributed by atoms with Crippen molar-refractivity contribution in [3.63, 3.8) is 0 Å². The van der Waals surface area contributed by atoms with Crippen LogP contribution in [0.4, 0.5) is 4.79 Å². The number of nitrogens with one attached hydrogen (secondary N) is 2. The topological polar surface area (TPSA) is 78.5 Å². The quantitative estimate of drug-likeness (QED) is 0.624. The molecule has 26 heavy (non-hydrogen) atoms. The molecule has 1 heterocycles. The third kappa shape index (κ3) is 3.00. The molecule has 5 rings (SSSR count). The van der Waals surface area contributed by atoms with Gasteiger partial charge in [-0.05, 0) is 30.2 Å². The minimum Gasteiger partial charge on any atom is -0.336 e. The molecule has 6 heteroatoms. The molecule has 6 nitrogen and oxygen atoms in total. The first-order chi connectivity index (χ1) is 12.6. The number of carbonyl (C=O) groups is 3. The van der Waals surface area contributed by atoms with Crippen LogP contribution in [0, 0.1) is 23.7 Å². The first kappa shape index (κ1) is 16.8. The first-order valence-electron chi connectivity index (χ1n) is 9.24. The molecule has 3 aliphatic carbocycles. The Bertz CT molecular complexity index is 714. The van der Waals surface area contributed by atoms with Crippen molar-refractivity contribution in [2.45, 2.75) is 19.4 Å². The van der Waals surface area contributed by atoms with Crippen molar-refractivity contribution in [3.05, 3.63) is 48.0 Å². The van der Waals surface area contributed by atoms with Crippen LogP contribution in [0.15, 0.2) is 42.5 Å². The summed E-state index contributed by atoms with van der Waals surface area (Å²) in [4.78, 5) is 38.6. The predicted molar refractivity (Wildman–Crippen MR) is 95.7 cm³/mol. The molecule has 136 valence electrons. The van der Waals surface area contributed by atoms with Crippen LogP contribution >= 0.6 is 0 Å². The van der Waals surface area contributed by atoms with Crippen LogP contribution in [0.1, 0.15) is 18.4 Å². The molecule has 1 saturated carbocycles. The number of carbonyl (C=O) groups excluding carboxylic acids is 3. The average Bonchev–Trinajstić information content (AvgIpc) is 2.95. The molecule has 0 spiro atoms. The van der Waals surface area contributed by atoms with E-state index in [1.54, 1.807) is 0 Å². The fraction of sp³-hybridized carbons (Fsp3) is 0.450. The van der Waals surface area contributed by atoms with E-state index < -0.39 is 0 Å². The Labute approximate surface area is 152 Å². The average molecular weight is 353 g/mol. The predicted octanol–water partition coefficient (Wildman–Crippen LogP) is 1.68. The van der Waals surface area contributed by atoms with Gasteiger partial charge in [-0.25, -0.2) is 4.79 Å². The summed E-state index contributed by atoms with van der Waals surface area (Å²) in [5, 5.41) is 5.50. The normalized spacial score (nSPS) is 29.0. The van der Waals surface area contributed by atoms with Crippen LogP contribution in [0.2, 0.25) is 0 Å². The van der Waals surface area contributed by atoms with Crippen LogP contribution < -0.4 is 10.6 Å². The highest BCUT2D eigenvalue weighted by Gasteiger charge is 2.56. The van der Waals surface area contributed by atoms with E-state index in [0.717, 1.165) is 18.4 Å². The zero-order chi connectivity index (χ0) is 18.1. The van der Waals surface area contributed by atoms with E-state index in [-0.39, 0.29) is 54.6 Å². The van der Waals surface area contributed by atoms with Crippen molar-refractivity contribution < 1.29 is 14.4 Å². The summed E-state index contributed by atoms with van der Waals surface area (Å²) in [6, 6.07) is 9.33. The molecule has 1 aliphatic heterocycles. The van der Waals surface area contributed by atoms with Gasteiger partial charge in [0.15, 0.2) is 0 Å². The number of rotatable bonds is 5. The number of hydrogen-bond acceptors (Lipinski definition) is 3. The number of allylic oxidation sites excluding steroid dienone is 2. The van der Waals surface area contributed by atoms with Crippen LogP contribution in [0.3, 0.4) is 0 Å². The Hall–Kier alpha value is -2.63. The van der Waals surface area contributed by atoms with Gasteiger partial charge in [-0.2, -0.15) is 0 Å². The molecule has 0 radical (unpaired) electrons. The van der Waals surface area contributed by atoms with Gasteiger partial charge in [-0.15, -0.1) is 0 Å². The molecule has 1 saturated heterocycles. The number of urea groups is 1. The smallest absolute Gasteiger partial charge is 0.315 e. The highest BCUT2D eigenvalue weighted by molar-refractivity contribution is 6.06. The number of amides is 4. The van der Waals surface area contributed by atoms with E-state index in [2.05, 4.69) is 22.8 Å². The molecule has 4 amide bonds. The maximum Gasteiger partial charge on any atom is 0.315 e. The molecule has 1 aromatic rings. The maximum atomic E-state index is 12.7. The lowest BCUT2D eigenvalue weighted by Gasteiger charge is -2.38. The maximum absolute atomic E-state index is 12.7. The number of fused-ring (bicyclic) bond motifs is 1. The molecule has 4 aliphatic rings. The molecule has 4 atom stereocenters. The summed E-state index contributed by atoms with van der Waals surface area (Å²) < 4.78 is 0. The molecular formula is C20H23N3O3. The summed E-state index contributed by atoms with van der Waals surface area (Å²) in [6.07, 6.45) is 6.21. The van der Waals surface area contributed by atoms with E-state index in [0.29, 0.717) is 6.54 Å². The van der Waals surface area contributed by atoms with Crippen LogP contribution in [0.5, 0.6) is 0 Å². The number of likely N-dealkylation sites (tertiary alicyclic amines) is 1. The summed E-state index contributed by atoms with van der Waals surface area (Å²) in [5.74, 6) is -0.0884. The second-order valence-electron chi connectivity index (χ2n) is 7.26. The zero-order valence-corrected chi connectivity index (χ0v) is 14.6. The Morgan fingerprint density at radius 1 is 0.962 bits per heavy atom. The fourth-order valence-electron chi connectivity index (χ4n) is 4.48. The van der Waals surface area contributed by atoms with Gasteiger partial charge in [0.05, 0.1) is 11.8 Å². The molecule has 0 aromatic heterocycles. The molecule has 2 fully saturated rings. The van der Waals surface area contributed by atoms with Gasteiger partial charge in [0.2, 0.25) is 11.8 Å². The largest absolute Gasteiger partial charge is 0.336 e. The summed E-state index contributed by atoms with van der Waals surface area (Å²) in [5.41, 5.74) is 1.01. The number of benzene rings is 1. The van der Waals surface area contributed by atoms with Gasteiger partial charge in [0, 0.05) is 19.6 Å². The monoisotopic (exact) mass is 353 g/mol. The Kier molecular flexibility index (Phi) is 4.49. The first-order valence-corrected chi connectivity index (χ1v) is 9.24. The Morgan fingerprint density at radius 2 is 1.58 bits per heavy atom. The lowest BCUT2D eigenvalue weighted by molar-refractivity contribution is -0.140. The lowest BCUT2D eigenvalue weighted by atomic mass is 9.63. The second kappa shape index (κ2) is 6.94. The van der Waals surface area contributed by atoms with Crippen LogP contribution in [-0.2, 0) is 16.1 Å². The van der Waals surface area contributed by atoms with E-state index in [4.69, 9.17) is 0 Å². The summed E-state index contributed by atoms with van der Waals surface area (Å²) >= 11 is 0. The Morgan fingerprint density at radius 3 is 2.15 bits per heavy atom. The van der Waals surface area contributed by atoms with Gasteiger partial charge < -0.3 is 10.6 Å². The minimum atomic E-state index is -0.299. The SMILES string of the molecule is O=C(NCCN1C(=O)[C@@H]2[C@@H](C1=O)[C@H]1C=C[C@H]2CC1)NCc1ccccc1. The van der Waals surface area contributed by atoms with Crippen LogP contribution in [0.25, 0.3) is 0 Å². The van der Waals surface area contributed by atoms with Crippen molar-refractivity contribution in [1.29, 1.82) is 0 Å². The van der Waals surface area contributed by atoms with E-state index in [9.17, 15) is 14.4 Å². The fourth-order valence-corrected chi connectivity index (χ4v) is 4.48. The highest BCUT2D eigenvalue weighted by Crippen LogP contribution is 2.49. The molecule has 2 N–H and O–H groups in total. The number of imide groups is 1. The van der Waals surface area contributed by atoms with Crippen molar-refractivity contribution >= 4 is 17.8 Å². The lowest BCUT2D eigenvalue weighted by Crippen LogP contribution is -2.42.